The van der Waals surface area contributed by atoms with Crippen molar-refractivity contribution >= 4 is 0 Å². The first-order chi connectivity index (χ1) is 9.42. The Morgan fingerprint density at radius 3 is 2.05 bits per heavy atom. The van der Waals surface area contributed by atoms with Crippen molar-refractivity contribution in [1.29, 1.82) is 0 Å². The second kappa shape index (κ2) is 3.80. The van der Waals surface area contributed by atoms with Crippen LogP contribution in [0.2, 0.25) is 0 Å². The van der Waals surface area contributed by atoms with Crippen LogP contribution >= 0.6 is 0 Å². The maximum Gasteiger partial charge on any atom is 0.135 e. The molecule has 6 N–H and O–H groups in total. The lowest BCUT2D eigenvalue weighted by Crippen LogP contribution is -2.64. The number of aliphatic hydroxyl groups is 2. The van der Waals surface area contributed by atoms with E-state index in [1.165, 1.54) is 25.3 Å². The minimum atomic E-state index is -1.10. The molecule has 110 valence electrons. The summed E-state index contributed by atoms with van der Waals surface area (Å²) in [6, 6.07) is -0.564. The molecule has 0 aromatic carbocycles. The van der Waals surface area contributed by atoms with Crippen molar-refractivity contribution in [3.8, 4) is 0 Å². The molecule has 4 bridgehead atoms. The van der Waals surface area contributed by atoms with Crippen LogP contribution in [0.1, 0.15) is 38.5 Å². The summed E-state index contributed by atoms with van der Waals surface area (Å²) >= 11 is 0. The Morgan fingerprint density at radius 1 is 1.05 bits per heavy atom. The van der Waals surface area contributed by atoms with Crippen LogP contribution in [0.3, 0.4) is 0 Å². The van der Waals surface area contributed by atoms with E-state index in [0.717, 1.165) is 37.0 Å². The van der Waals surface area contributed by atoms with E-state index in [0.29, 0.717) is 0 Å². The molecular formula is C16H24N2O2. The van der Waals surface area contributed by atoms with Gasteiger partial charge in [-0.3, -0.25) is 0 Å². The average Bonchev–Trinajstić information content (AvgIpc) is 2.34. The van der Waals surface area contributed by atoms with Crippen molar-refractivity contribution in [3.05, 3.63) is 23.6 Å². The molecule has 5 aliphatic carbocycles. The van der Waals surface area contributed by atoms with Gasteiger partial charge in [0.25, 0.3) is 0 Å². The van der Waals surface area contributed by atoms with Crippen LogP contribution < -0.4 is 11.5 Å². The highest BCUT2D eigenvalue weighted by atomic mass is 16.3. The molecule has 0 amide bonds. The third-order valence-electron chi connectivity index (χ3n) is 6.40. The fourth-order valence-corrected chi connectivity index (χ4v) is 5.91. The minimum Gasteiger partial charge on any atom is -0.506 e. The molecule has 2 atom stereocenters. The summed E-state index contributed by atoms with van der Waals surface area (Å²) in [5, 5.41) is 21.1. The summed E-state index contributed by atoms with van der Waals surface area (Å²) < 4.78 is 0. The van der Waals surface area contributed by atoms with Gasteiger partial charge in [0.1, 0.15) is 11.4 Å². The van der Waals surface area contributed by atoms with Gasteiger partial charge in [-0.25, -0.2) is 0 Å². The largest absolute Gasteiger partial charge is 0.506 e. The summed E-state index contributed by atoms with van der Waals surface area (Å²) in [5.74, 6) is 2.23. The van der Waals surface area contributed by atoms with Gasteiger partial charge in [-0.2, -0.15) is 0 Å². The van der Waals surface area contributed by atoms with Crippen molar-refractivity contribution in [2.45, 2.75) is 50.2 Å². The van der Waals surface area contributed by atoms with E-state index in [-0.39, 0.29) is 16.9 Å². The molecular weight excluding hydrogens is 252 g/mol. The van der Waals surface area contributed by atoms with E-state index in [2.05, 4.69) is 0 Å². The highest BCUT2D eigenvalue weighted by molar-refractivity contribution is 5.37. The van der Waals surface area contributed by atoms with Gasteiger partial charge in [-0.1, -0.05) is 0 Å². The molecule has 20 heavy (non-hydrogen) atoms. The maximum absolute atomic E-state index is 11.4. The monoisotopic (exact) mass is 276 g/mol. The predicted octanol–water partition coefficient (Wildman–Crippen LogP) is 1.56. The van der Waals surface area contributed by atoms with Gasteiger partial charge in [-0.05, 0) is 68.4 Å². The van der Waals surface area contributed by atoms with Crippen LogP contribution in [-0.4, -0.2) is 21.9 Å². The number of nitrogens with two attached hydrogens (primary N) is 2. The molecule has 5 rings (SSSR count). The van der Waals surface area contributed by atoms with E-state index in [4.69, 9.17) is 11.5 Å². The molecule has 4 nitrogen and oxygen atoms in total. The molecule has 5 aliphatic rings. The van der Waals surface area contributed by atoms with Crippen molar-refractivity contribution in [2.24, 2.45) is 34.6 Å². The fourth-order valence-electron chi connectivity index (χ4n) is 5.91. The summed E-state index contributed by atoms with van der Waals surface area (Å²) in [6.07, 6.45) is 10.3. The Labute approximate surface area is 119 Å². The van der Waals surface area contributed by atoms with Crippen LogP contribution in [0, 0.1) is 23.2 Å². The topological polar surface area (TPSA) is 92.5 Å². The van der Waals surface area contributed by atoms with Crippen molar-refractivity contribution in [3.63, 3.8) is 0 Å². The molecule has 0 aromatic rings. The smallest absolute Gasteiger partial charge is 0.135 e. The second-order valence-electron chi connectivity index (χ2n) is 7.70. The number of hydrogen-bond donors (Lipinski definition) is 4. The standard InChI is InChI=1S/C16H24N2O2/c17-12-8-16(20,14(18)4-13(12)19)15-5-9-1-10(6-15)3-11(2-9)7-15/h4,8-11,14,19-20H,1-3,5-7,17-18H2. The van der Waals surface area contributed by atoms with Crippen molar-refractivity contribution < 1.29 is 10.2 Å². The second-order valence-corrected chi connectivity index (χ2v) is 7.70. The lowest BCUT2D eigenvalue weighted by Gasteiger charge is -2.62. The summed E-state index contributed by atoms with van der Waals surface area (Å²) in [7, 11) is 0. The first-order valence-electron chi connectivity index (χ1n) is 7.79. The third-order valence-corrected chi connectivity index (χ3v) is 6.40. The van der Waals surface area contributed by atoms with E-state index in [1.54, 1.807) is 6.08 Å². The van der Waals surface area contributed by atoms with Crippen LogP contribution in [-0.2, 0) is 0 Å². The Balaban J connectivity index is 1.76. The molecule has 2 unspecified atom stereocenters. The van der Waals surface area contributed by atoms with E-state index < -0.39 is 11.6 Å². The first-order valence-corrected chi connectivity index (χ1v) is 7.79. The van der Waals surface area contributed by atoms with Gasteiger partial charge in [0.2, 0.25) is 0 Å². The molecule has 0 spiro atoms. The van der Waals surface area contributed by atoms with Crippen molar-refractivity contribution in [2.75, 3.05) is 0 Å². The van der Waals surface area contributed by atoms with E-state index >= 15 is 0 Å². The van der Waals surface area contributed by atoms with E-state index in [9.17, 15) is 10.2 Å². The SMILES string of the molecule is NC1=CC(O)(C23CC4CC(CC(C4)C2)C3)C(N)C=C1O. The van der Waals surface area contributed by atoms with Gasteiger partial charge in [0.15, 0.2) is 0 Å². The number of hydrogen-bond acceptors (Lipinski definition) is 4. The normalized spacial score (nSPS) is 53.7. The van der Waals surface area contributed by atoms with Gasteiger partial charge in [-0.15, -0.1) is 0 Å². The van der Waals surface area contributed by atoms with Gasteiger partial charge < -0.3 is 21.7 Å². The quantitative estimate of drug-likeness (QED) is 0.585. The fraction of sp³-hybridized carbons (Fsp3) is 0.750. The van der Waals surface area contributed by atoms with E-state index in [1.807, 2.05) is 0 Å². The molecule has 4 fully saturated rings. The predicted molar refractivity (Wildman–Crippen MR) is 76.5 cm³/mol. The Kier molecular flexibility index (Phi) is 2.42. The molecule has 0 radical (unpaired) electrons. The molecule has 0 aromatic heterocycles. The van der Waals surface area contributed by atoms with Crippen LogP contribution in [0.15, 0.2) is 23.6 Å². The summed E-state index contributed by atoms with van der Waals surface area (Å²) in [5.41, 5.74) is 11.1. The zero-order valence-corrected chi connectivity index (χ0v) is 11.8. The number of aliphatic hydroxyl groups excluding tert-OH is 1. The first kappa shape index (κ1) is 12.7. The Morgan fingerprint density at radius 2 is 1.55 bits per heavy atom. The highest BCUT2D eigenvalue weighted by Gasteiger charge is 2.61. The van der Waals surface area contributed by atoms with Gasteiger partial charge in [0, 0.05) is 5.41 Å². The Bertz CT molecular complexity index is 475. The highest BCUT2D eigenvalue weighted by Crippen LogP contribution is 2.64. The number of rotatable bonds is 1. The van der Waals surface area contributed by atoms with Crippen LogP contribution in [0.4, 0.5) is 0 Å². The zero-order chi connectivity index (χ0) is 14.1. The minimum absolute atomic E-state index is 0.00639. The lowest BCUT2D eigenvalue weighted by atomic mass is 9.44. The van der Waals surface area contributed by atoms with Crippen LogP contribution in [0.25, 0.3) is 0 Å². The molecule has 0 heterocycles. The zero-order valence-electron chi connectivity index (χ0n) is 11.8. The molecule has 4 saturated carbocycles. The maximum atomic E-state index is 11.4. The summed E-state index contributed by atoms with van der Waals surface area (Å²) in [6.45, 7) is 0. The lowest BCUT2D eigenvalue weighted by molar-refractivity contribution is -0.161. The molecule has 4 heteroatoms. The summed E-state index contributed by atoms with van der Waals surface area (Å²) in [4.78, 5) is 0. The Hall–Kier alpha value is -1.00. The molecule has 0 aliphatic heterocycles. The van der Waals surface area contributed by atoms with Crippen molar-refractivity contribution in [1.82, 2.24) is 0 Å². The molecule has 0 saturated heterocycles. The van der Waals surface area contributed by atoms with Gasteiger partial charge >= 0.3 is 0 Å². The average molecular weight is 276 g/mol. The van der Waals surface area contributed by atoms with Gasteiger partial charge in [0.05, 0.1) is 11.7 Å². The third kappa shape index (κ3) is 1.49. The van der Waals surface area contributed by atoms with Crippen LogP contribution in [0.5, 0.6) is 0 Å².